The van der Waals surface area contributed by atoms with Crippen LogP contribution in [-0.2, 0) is 4.79 Å². The zero-order chi connectivity index (χ0) is 11.5. The van der Waals surface area contributed by atoms with Gasteiger partial charge in [-0.3, -0.25) is 4.79 Å². The number of nitrogens with one attached hydrogen (secondary N) is 1. The van der Waals surface area contributed by atoms with Crippen LogP contribution in [0.3, 0.4) is 0 Å². The number of carbonyl (C=O) groups is 1. The molecule has 1 heterocycles. The normalized spacial score (nSPS) is 30.5. The van der Waals surface area contributed by atoms with Crippen molar-refractivity contribution in [1.82, 2.24) is 10.2 Å². The quantitative estimate of drug-likeness (QED) is 0.787. The Kier molecular flexibility index (Phi) is 3.85. The molecule has 1 saturated carbocycles. The smallest absolute Gasteiger partial charge is 0.236 e. The molecule has 3 unspecified atom stereocenters. The van der Waals surface area contributed by atoms with Crippen molar-refractivity contribution in [3.8, 4) is 0 Å². The summed E-state index contributed by atoms with van der Waals surface area (Å²) in [6, 6.07) is 0.450. The number of rotatable bonds is 4. The van der Waals surface area contributed by atoms with Crippen molar-refractivity contribution in [2.24, 2.45) is 11.8 Å². The topological polar surface area (TPSA) is 32.3 Å². The summed E-state index contributed by atoms with van der Waals surface area (Å²) in [6.45, 7) is 6.83. The van der Waals surface area contributed by atoms with Gasteiger partial charge in [-0.05, 0) is 38.0 Å². The molecule has 0 aromatic heterocycles. The Hall–Kier alpha value is -0.570. The SMILES string of the molecule is CCC(C)NCC(=O)N1CC2CCCC2C1. The number of amides is 1. The van der Waals surface area contributed by atoms with Gasteiger partial charge in [0, 0.05) is 19.1 Å². The fourth-order valence-electron chi connectivity index (χ4n) is 2.96. The van der Waals surface area contributed by atoms with Crippen molar-refractivity contribution in [3.63, 3.8) is 0 Å². The van der Waals surface area contributed by atoms with Crippen LogP contribution in [0.4, 0.5) is 0 Å². The van der Waals surface area contributed by atoms with E-state index in [1.165, 1.54) is 19.3 Å². The van der Waals surface area contributed by atoms with Crippen LogP contribution in [-0.4, -0.2) is 36.5 Å². The van der Waals surface area contributed by atoms with Crippen LogP contribution in [0.5, 0.6) is 0 Å². The van der Waals surface area contributed by atoms with Gasteiger partial charge in [0.1, 0.15) is 0 Å². The van der Waals surface area contributed by atoms with Crippen LogP contribution >= 0.6 is 0 Å². The highest BCUT2D eigenvalue weighted by Crippen LogP contribution is 2.37. The summed E-state index contributed by atoms with van der Waals surface area (Å²) in [7, 11) is 0. The molecule has 0 aromatic carbocycles. The van der Waals surface area contributed by atoms with E-state index in [0.717, 1.165) is 31.3 Å². The van der Waals surface area contributed by atoms with Crippen LogP contribution in [0.25, 0.3) is 0 Å². The van der Waals surface area contributed by atoms with Crippen molar-refractivity contribution < 1.29 is 4.79 Å². The Bertz CT molecular complexity index is 242. The van der Waals surface area contributed by atoms with Crippen LogP contribution in [0.1, 0.15) is 39.5 Å². The minimum absolute atomic E-state index is 0.301. The minimum atomic E-state index is 0.301. The molecule has 2 fully saturated rings. The average molecular weight is 224 g/mol. The second kappa shape index (κ2) is 5.17. The first-order chi connectivity index (χ1) is 7.70. The van der Waals surface area contributed by atoms with E-state index in [4.69, 9.17) is 0 Å². The maximum atomic E-state index is 12.0. The molecule has 3 heteroatoms. The van der Waals surface area contributed by atoms with Crippen molar-refractivity contribution in [1.29, 1.82) is 0 Å². The highest BCUT2D eigenvalue weighted by Gasteiger charge is 2.37. The first-order valence-electron chi connectivity index (χ1n) is 6.72. The molecule has 2 rings (SSSR count). The number of hydrogen-bond acceptors (Lipinski definition) is 2. The van der Waals surface area contributed by atoms with Gasteiger partial charge in [0.05, 0.1) is 6.54 Å². The van der Waals surface area contributed by atoms with Crippen molar-refractivity contribution in [3.05, 3.63) is 0 Å². The summed E-state index contributed by atoms with van der Waals surface area (Å²) in [4.78, 5) is 14.0. The summed E-state index contributed by atoms with van der Waals surface area (Å²) in [5, 5.41) is 3.28. The summed E-state index contributed by atoms with van der Waals surface area (Å²) >= 11 is 0. The monoisotopic (exact) mass is 224 g/mol. The molecule has 2 aliphatic rings. The minimum Gasteiger partial charge on any atom is -0.341 e. The molecule has 16 heavy (non-hydrogen) atoms. The number of likely N-dealkylation sites (tertiary alicyclic amines) is 1. The molecule has 1 amide bonds. The van der Waals surface area contributed by atoms with Crippen molar-refractivity contribution in [2.75, 3.05) is 19.6 Å². The molecule has 92 valence electrons. The second-order valence-electron chi connectivity index (χ2n) is 5.44. The molecule has 3 atom stereocenters. The highest BCUT2D eigenvalue weighted by molar-refractivity contribution is 5.78. The molecule has 1 N–H and O–H groups in total. The number of carbonyl (C=O) groups excluding carboxylic acids is 1. The standard InChI is InChI=1S/C13H24N2O/c1-3-10(2)14-7-13(16)15-8-11-5-4-6-12(11)9-15/h10-12,14H,3-9H2,1-2H3. The molecular weight excluding hydrogens is 200 g/mol. The van der Waals surface area contributed by atoms with Crippen LogP contribution in [0.2, 0.25) is 0 Å². The summed E-state index contributed by atoms with van der Waals surface area (Å²) in [5.74, 6) is 1.93. The number of fused-ring (bicyclic) bond motifs is 1. The third-order valence-corrected chi connectivity index (χ3v) is 4.29. The van der Waals surface area contributed by atoms with Crippen LogP contribution in [0, 0.1) is 11.8 Å². The molecule has 0 radical (unpaired) electrons. The molecule has 1 aliphatic carbocycles. The molecule has 1 aliphatic heterocycles. The number of nitrogens with zero attached hydrogens (tertiary/aromatic N) is 1. The zero-order valence-electron chi connectivity index (χ0n) is 10.5. The van der Waals surface area contributed by atoms with Gasteiger partial charge < -0.3 is 10.2 Å². The average Bonchev–Trinajstić information content (AvgIpc) is 2.85. The maximum Gasteiger partial charge on any atom is 0.236 e. The maximum absolute atomic E-state index is 12.0. The lowest BCUT2D eigenvalue weighted by atomic mass is 10.0. The zero-order valence-corrected chi connectivity index (χ0v) is 10.5. The second-order valence-corrected chi connectivity index (χ2v) is 5.44. The predicted molar refractivity (Wildman–Crippen MR) is 65.2 cm³/mol. The third-order valence-electron chi connectivity index (χ3n) is 4.29. The Morgan fingerprint density at radius 1 is 1.38 bits per heavy atom. The fourth-order valence-corrected chi connectivity index (χ4v) is 2.96. The third kappa shape index (κ3) is 2.57. The lowest BCUT2D eigenvalue weighted by Crippen LogP contribution is -2.40. The van der Waals surface area contributed by atoms with E-state index in [0.29, 0.717) is 18.5 Å². The Morgan fingerprint density at radius 2 is 2.00 bits per heavy atom. The van der Waals surface area contributed by atoms with Crippen molar-refractivity contribution >= 4 is 5.91 Å². The predicted octanol–water partition coefficient (Wildman–Crippen LogP) is 1.63. The lowest BCUT2D eigenvalue weighted by Gasteiger charge is -2.19. The van der Waals surface area contributed by atoms with Gasteiger partial charge in [0.15, 0.2) is 0 Å². The van der Waals surface area contributed by atoms with Gasteiger partial charge in [0.2, 0.25) is 5.91 Å². The summed E-state index contributed by atoms with van der Waals surface area (Å²) in [6.07, 6.45) is 5.14. The van der Waals surface area contributed by atoms with E-state index in [2.05, 4.69) is 24.1 Å². The molecule has 3 nitrogen and oxygen atoms in total. The number of hydrogen-bond donors (Lipinski definition) is 1. The molecule has 0 aromatic rings. The Morgan fingerprint density at radius 3 is 2.56 bits per heavy atom. The van der Waals surface area contributed by atoms with Gasteiger partial charge in [-0.15, -0.1) is 0 Å². The summed E-state index contributed by atoms with van der Waals surface area (Å²) in [5.41, 5.74) is 0. The Balaban J connectivity index is 1.74. The van der Waals surface area contributed by atoms with E-state index in [1.807, 2.05) is 0 Å². The lowest BCUT2D eigenvalue weighted by molar-refractivity contribution is -0.129. The van der Waals surface area contributed by atoms with E-state index in [9.17, 15) is 4.79 Å². The van der Waals surface area contributed by atoms with Gasteiger partial charge in [-0.2, -0.15) is 0 Å². The van der Waals surface area contributed by atoms with Gasteiger partial charge in [-0.1, -0.05) is 13.3 Å². The molecule has 1 saturated heterocycles. The van der Waals surface area contributed by atoms with E-state index in [1.54, 1.807) is 0 Å². The van der Waals surface area contributed by atoms with E-state index < -0.39 is 0 Å². The van der Waals surface area contributed by atoms with Gasteiger partial charge in [0.25, 0.3) is 0 Å². The molecule has 0 bridgehead atoms. The first kappa shape index (κ1) is 11.9. The van der Waals surface area contributed by atoms with Crippen LogP contribution in [0.15, 0.2) is 0 Å². The highest BCUT2D eigenvalue weighted by atomic mass is 16.2. The van der Waals surface area contributed by atoms with Crippen molar-refractivity contribution in [2.45, 2.75) is 45.6 Å². The van der Waals surface area contributed by atoms with E-state index in [-0.39, 0.29) is 0 Å². The molecule has 0 spiro atoms. The fraction of sp³-hybridized carbons (Fsp3) is 0.923. The largest absolute Gasteiger partial charge is 0.341 e. The van der Waals surface area contributed by atoms with Gasteiger partial charge >= 0.3 is 0 Å². The van der Waals surface area contributed by atoms with Gasteiger partial charge in [-0.25, -0.2) is 0 Å². The van der Waals surface area contributed by atoms with Crippen LogP contribution < -0.4 is 5.32 Å². The first-order valence-corrected chi connectivity index (χ1v) is 6.72. The summed E-state index contributed by atoms with van der Waals surface area (Å²) < 4.78 is 0. The van der Waals surface area contributed by atoms with E-state index >= 15 is 0 Å². The molecular formula is C13H24N2O. The Labute approximate surface area is 98.6 Å².